The highest BCUT2D eigenvalue weighted by molar-refractivity contribution is 5.89. The van der Waals surface area contributed by atoms with Crippen LogP contribution in [-0.2, 0) is 46.4 Å². The third-order valence-electron chi connectivity index (χ3n) is 30.4. The Balaban J connectivity index is 0.747. The molecule has 0 spiro atoms. The average Bonchev–Trinajstić information content (AvgIpc) is 1.70. The van der Waals surface area contributed by atoms with E-state index < -0.39 is 47.0 Å². The lowest BCUT2D eigenvalue weighted by atomic mass is 9.46. The molecule has 7 aromatic carbocycles. The summed E-state index contributed by atoms with van der Waals surface area (Å²) in [5.74, 6) is 7.40. The van der Waals surface area contributed by atoms with Crippen molar-refractivity contribution in [2.75, 3.05) is 9.80 Å². The van der Waals surface area contributed by atoms with Gasteiger partial charge in [-0.15, -0.1) is 0 Å². The van der Waals surface area contributed by atoms with Crippen LogP contribution in [0.4, 0.5) is 86.8 Å². The van der Waals surface area contributed by atoms with E-state index in [1.807, 2.05) is 58.3 Å². The molecule has 2 unspecified atom stereocenters. The molecule has 4 nitrogen and oxygen atoms in total. The summed E-state index contributed by atoms with van der Waals surface area (Å²) in [6, 6.07) is 43.4. The van der Waals surface area contributed by atoms with E-state index in [0.717, 1.165) is 106 Å². The lowest BCUT2D eigenvalue weighted by molar-refractivity contribution is -0.144. The lowest BCUT2D eigenvalue weighted by Gasteiger charge is -2.58. The third kappa shape index (κ3) is 12.3. The molecule has 0 amide bonds. The second kappa shape index (κ2) is 25.1. The van der Waals surface area contributed by atoms with Gasteiger partial charge in [0.25, 0.3) is 0 Å². The van der Waals surface area contributed by atoms with Gasteiger partial charge in [-0.25, -0.2) is 0 Å². The van der Waals surface area contributed by atoms with Gasteiger partial charge >= 0.3 is 24.7 Å². The summed E-state index contributed by atoms with van der Waals surface area (Å²) < 4.78 is 182. The Kier molecular flexibility index (Phi) is 15.9. The molecule has 25 rings (SSSR count). The van der Waals surface area contributed by atoms with E-state index in [9.17, 15) is 0 Å². The van der Waals surface area contributed by atoms with Crippen LogP contribution in [0, 0.1) is 71.0 Å². The Labute approximate surface area is 639 Å². The highest BCUT2D eigenvalue weighted by Crippen LogP contribution is 2.69. The SMILES string of the molecule is FC(F)(F)c1cc(-c2cc(-c3cc(C45CC6CC(CC(C6)C4)C5)cc(C45CC6CC(CC(C6)C4)C5)c3)cc(N(c3ccc(N(c4cccnc4)c4cc(-c5cc(C(F)(F)F)cc(C(F)(F)F)c5)cc(-c5cc(C67CC8CC(CC(C8)C6)C7)cc(C67CC8CC(CC6C8)C7)c5)c4)cc3)c3cccnc3)c2)cc(C(F)(F)F)c1. The largest absolute Gasteiger partial charge is 0.416 e. The third-order valence-corrected chi connectivity index (χ3v) is 30.4. The molecule has 16 aliphatic carbocycles. The van der Waals surface area contributed by atoms with Crippen LogP contribution in [-0.4, -0.2) is 9.97 Å². The Morgan fingerprint density at radius 1 is 0.252 bits per heavy atom. The number of benzene rings is 7. The number of hydrogen-bond acceptors (Lipinski definition) is 4. The van der Waals surface area contributed by atoms with Crippen LogP contribution in [0.3, 0.4) is 0 Å². The van der Waals surface area contributed by atoms with Crippen molar-refractivity contribution in [2.24, 2.45) is 71.0 Å². The Morgan fingerprint density at radius 3 is 0.793 bits per heavy atom. The van der Waals surface area contributed by atoms with Gasteiger partial charge in [-0.1, -0.05) is 36.4 Å². The van der Waals surface area contributed by atoms with Gasteiger partial charge in [-0.2, -0.15) is 52.7 Å². The molecule has 16 saturated carbocycles. The number of aromatic nitrogens is 2. The van der Waals surface area contributed by atoms with Crippen molar-refractivity contribution < 1.29 is 52.7 Å². The van der Waals surface area contributed by atoms with Crippen molar-refractivity contribution in [3.8, 4) is 44.5 Å². The van der Waals surface area contributed by atoms with Crippen LogP contribution in [0.1, 0.15) is 192 Å². The van der Waals surface area contributed by atoms with Crippen LogP contribution in [0.15, 0.2) is 183 Å². The minimum atomic E-state index is -5.13. The van der Waals surface area contributed by atoms with Gasteiger partial charge in [0, 0.05) is 35.1 Å². The Hall–Kier alpha value is -8.40. The minimum Gasteiger partial charge on any atom is -0.309 e. The molecule has 2 heterocycles. The molecule has 572 valence electrons. The molecule has 16 heteroatoms. The van der Waals surface area contributed by atoms with E-state index in [-0.39, 0.29) is 56.0 Å². The molecule has 9 aromatic rings. The normalized spacial score (nSPS) is 31.8. The maximum Gasteiger partial charge on any atom is 0.416 e. The van der Waals surface area contributed by atoms with Gasteiger partial charge < -0.3 is 9.80 Å². The number of halogens is 12. The van der Waals surface area contributed by atoms with E-state index in [2.05, 4.69) is 46.4 Å². The first kappa shape index (κ1) is 70.5. The van der Waals surface area contributed by atoms with Gasteiger partial charge in [0.05, 0.1) is 46.0 Å². The summed E-state index contributed by atoms with van der Waals surface area (Å²) in [5, 5.41) is 0. The first-order valence-electron chi connectivity index (χ1n) is 40.8. The standard InChI is InChI=1S/C95H88F12N4/c96-92(97,98)78-29-71(30-79(39-78)93(99,100)101)67-23-65(69-25-73(88-41-54-11-55(42-88)13-56(12-54)43-88)37-74(26-69)89-44-57-14-58(45-89)16-59(15-57)46-89)33-86(35-67)110(84-3-1-9-108-52-84)82-5-7-83(8-6-82)111(85-4-2-10-109-53-85)87-34-66(24-68(36-87)72-31-80(94(102,103)104)40-81(32-72)95(105,106)107)70-27-75(90-47-60-17-61(48-90)19-62(18-60)49-90)38-77(28-70)91-50-63-20-64(51-91)22-76(91)21-63/h1-10,23-40,52-64,76H,11-22,41-51H2. The highest BCUT2D eigenvalue weighted by atomic mass is 19.4. The van der Waals surface area contributed by atoms with E-state index in [1.165, 1.54) is 99.3 Å². The first-order chi connectivity index (χ1) is 53.1. The van der Waals surface area contributed by atoms with Gasteiger partial charge in [-0.3, -0.25) is 9.97 Å². The number of hydrogen-bond donors (Lipinski definition) is 0. The van der Waals surface area contributed by atoms with Gasteiger partial charge in [-0.05, 0) is 428 Å². The molecule has 2 aromatic heterocycles. The average molecular weight is 1510 g/mol. The monoisotopic (exact) mass is 1510 g/mol. The number of rotatable bonds is 14. The Bertz CT molecular complexity index is 4920. The summed E-state index contributed by atoms with van der Waals surface area (Å²) in [5.41, 5.74) is 4.97. The molecular weight excluding hydrogens is 1430 g/mol. The predicted molar refractivity (Wildman–Crippen MR) is 408 cm³/mol. The zero-order chi connectivity index (χ0) is 75.7. The summed E-state index contributed by atoms with van der Waals surface area (Å²) in [7, 11) is 0. The van der Waals surface area contributed by atoms with Crippen LogP contribution in [0.2, 0.25) is 0 Å². The van der Waals surface area contributed by atoms with Gasteiger partial charge in [0.1, 0.15) is 0 Å². The van der Waals surface area contributed by atoms with E-state index in [4.69, 9.17) is 0 Å². The summed E-state index contributed by atoms with van der Waals surface area (Å²) in [4.78, 5) is 13.0. The van der Waals surface area contributed by atoms with Crippen LogP contribution in [0.25, 0.3) is 44.5 Å². The maximum atomic E-state index is 15.1. The number of nitrogens with zero attached hydrogens (tertiary/aromatic N) is 4. The molecule has 0 saturated heterocycles. The molecule has 2 atom stereocenters. The number of alkyl halides is 12. The van der Waals surface area contributed by atoms with E-state index in [1.54, 1.807) is 61.2 Å². The van der Waals surface area contributed by atoms with Crippen molar-refractivity contribution in [1.29, 1.82) is 0 Å². The van der Waals surface area contributed by atoms with E-state index >= 15 is 52.7 Å². The molecule has 16 bridgehead atoms. The lowest BCUT2D eigenvalue weighted by Crippen LogP contribution is -2.50. The fourth-order valence-electron chi connectivity index (χ4n) is 27.5. The molecule has 0 aliphatic heterocycles. The number of pyridine rings is 2. The molecule has 0 radical (unpaired) electrons. The highest BCUT2D eigenvalue weighted by Gasteiger charge is 2.60. The summed E-state index contributed by atoms with van der Waals surface area (Å²) >= 11 is 0. The van der Waals surface area contributed by atoms with Gasteiger partial charge in [0.15, 0.2) is 0 Å². The fraction of sp³-hybridized carbons (Fsp3) is 0.453. The van der Waals surface area contributed by atoms with Crippen molar-refractivity contribution >= 4 is 34.1 Å². The van der Waals surface area contributed by atoms with Crippen LogP contribution >= 0.6 is 0 Å². The second-order valence-corrected chi connectivity index (χ2v) is 37.6. The van der Waals surface area contributed by atoms with Crippen molar-refractivity contribution in [3.63, 3.8) is 0 Å². The topological polar surface area (TPSA) is 32.3 Å². The maximum absolute atomic E-state index is 15.1. The molecular formula is C95H88F12N4. The number of anilines is 6. The van der Waals surface area contributed by atoms with E-state index in [0.29, 0.717) is 116 Å². The van der Waals surface area contributed by atoms with Crippen molar-refractivity contribution in [1.82, 2.24) is 9.97 Å². The Morgan fingerprint density at radius 2 is 0.514 bits per heavy atom. The van der Waals surface area contributed by atoms with Crippen molar-refractivity contribution in [3.05, 3.63) is 227 Å². The van der Waals surface area contributed by atoms with Crippen molar-refractivity contribution in [2.45, 2.75) is 194 Å². The summed E-state index contributed by atoms with van der Waals surface area (Å²) in [6.45, 7) is 0. The second-order valence-electron chi connectivity index (χ2n) is 37.6. The molecule has 16 fully saturated rings. The molecule has 0 N–H and O–H groups in total. The van der Waals surface area contributed by atoms with Gasteiger partial charge in [0.2, 0.25) is 0 Å². The van der Waals surface area contributed by atoms with Crippen LogP contribution in [0.5, 0.6) is 0 Å². The first-order valence-corrected chi connectivity index (χ1v) is 40.8. The quantitative estimate of drug-likeness (QED) is 0.102. The fourth-order valence-corrected chi connectivity index (χ4v) is 27.5. The minimum absolute atomic E-state index is 0.0370. The molecule has 111 heavy (non-hydrogen) atoms. The smallest absolute Gasteiger partial charge is 0.309 e. The zero-order valence-electron chi connectivity index (χ0n) is 61.8. The zero-order valence-corrected chi connectivity index (χ0v) is 61.8. The summed E-state index contributed by atoms with van der Waals surface area (Å²) in [6.07, 6.45) is 12.8. The molecule has 16 aliphatic rings. The van der Waals surface area contributed by atoms with Crippen LogP contribution < -0.4 is 9.80 Å². The predicted octanol–water partition coefficient (Wildman–Crippen LogP) is 27.6.